The molecule has 1 saturated heterocycles. The standard InChI is InChI=1S/C11H25N3O2S/c1-4-14(17(15,16)13-10(2)3)9-11-7-5-6-8-12-11/h10-13H,4-9H2,1-3H3. The van der Waals surface area contributed by atoms with Crippen LogP contribution in [-0.2, 0) is 10.2 Å². The normalized spacial score (nSPS) is 22.3. The molecule has 0 bridgehead atoms. The minimum atomic E-state index is -3.33. The molecular weight excluding hydrogens is 238 g/mol. The van der Waals surface area contributed by atoms with Crippen LogP contribution in [0.15, 0.2) is 0 Å². The Kier molecular flexibility index (Phi) is 5.85. The zero-order valence-corrected chi connectivity index (χ0v) is 11.9. The van der Waals surface area contributed by atoms with Crippen LogP contribution in [0.2, 0.25) is 0 Å². The Balaban J connectivity index is 2.57. The SMILES string of the molecule is CCN(CC1CCCCN1)S(=O)(=O)NC(C)C. The third-order valence-electron chi connectivity index (χ3n) is 2.91. The van der Waals surface area contributed by atoms with Gasteiger partial charge in [0.2, 0.25) is 0 Å². The summed E-state index contributed by atoms with van der Waals surface area (Å²) in [6.45, 7) is 7.63. The van der Waals surface area contributed by atoms with E-state index < -0.39 is 10.2 Å². The fourth-order valence-electron chi connectivity index (χ4n) is 2.10. The minimum Gasteiger partial charge on any atom is -0.313 e. The van der Waals surface area contributed by atoms with Gasteiger partial charge in [-0.05, 0) is 33.2 Å². The highest BCUT2D eigenvalue weighted by Gasteiger charge is 2.25. The maximum Gasteiger partial charge on any atom is 0.279 e. The van der Waals surface area contributed by atoms with Gasteiger partial charge in [-0.3, -0.25) is 0 Å². The number of nitrogens with zero attached hydrogens (tertiary/aromatic N) is 1. The van der Waals surface area contributed by atoms with Gasteiger partial charge in [-0.25, -0.2) is 0 Å². The molecule has 1 rings (SSSR count). The molecule has 6 heteroatoms. The minimum absolute atomic E-state index is 0.0617. The first-order chi connectivity index (χ1) is 7.95. The lowest BCUT2D eigenvalue weighted by molar-refractivity contribution is 0.316. The summed E-state index contributed by atoms with van der Waals surface area (Å²) in [5.74, 6) is 0. The molecular formula is C11H25N3O2S. The Bertz CT molecular complexity index is 311. The lowest BCUT2D eigenvalue weighted by Gasteiger charge is -2.29. The van der Waals surface area contributed by atoms with Crippen LogP contribution in [-0.4, -0.2) is 44.4 Å². The predicted octanol–water partition coefficient (Wildman–Crippen LogP) is 0.693. The summed E-state index contributed by atoms with van der Waals surface area (Å²) in [4.78, 5) is 0. The van der Waals surface area contributed by atoms with Crippen LogP contribution in [0, 0.1) is 0 Å². The number of hydrogen-bond donors (Lipinski definition) is 2. The lowest BCUT2D eigenvalue weighted by atomic mass is 10.1. The van der Waals surface area contributed by atoms with Gasteiger partial charge in [-0.15, -0.1) is 0 Å². The van der Waals surface area contributed by atoms with Crippen molar-refractivity contribution in [3.63, 3.8) is 0 Å². The van der Waals surface area contributed by atoms with Gasteiger partial charge in [0, 0.05) is 25.2 Å². The first-order valence-corrected chi connectivity index (χ1v) is 7.90. The third-order valence-corrected chi connectivity index (χ3v) is 4.77. The highest BCUT2D eigenvalue weighted by atomic mass is 32.2. The second kappa shape index (κ2) is 6.68. The lowest BCUT2D eigenvalue weighted by Crippen LogP contribution is -2.50. The van der Waals surface area contributed by atoms with Crippen molar-refractivity contribution >= 4 is 10.2 Å². The molecule has 0 spiro atoms. The van der Waals surface area contributed by atoms with E-state index in [0.29, 0.717) is 19.1 Å². The van der Waals surface area contributed by atoms with Gasteiger partial charge in [0.1, 0.15) is 0 Å². The van der Waals surface area contributed by atoms with E-state index in [1.54, 1.807) is 0 Å². The molecule has 1 atom stereocenters. The van der Waals surface area contributed by atoms with Crippen molar-refractivity contribution < 1.29 is 8.42 Å². The Labute approximate surface area is 105 Å². The molecule has 1 fully saturated rings. The summed E-state index contributed by atoms with van der Waals surface area (Å²) in [6, 6.07) is 0.237. The van der Waals surface area contributed by atoms with E-state index in [0.717, 1.165) is 13.0 Å². The first kappa shape index (κ1) is 14.9. The van der Waals surface area contributed by atoms with Gasteiger partial charge in [0.25, 0.3) is 10.2 Å². The summed E-state index contributed by atoms with van der Waals surface area (Å²) in [5.41, 5.74) is 0. The smallest absolute Gasteiger partial charge is 0.279 e. The number of rotatable bonds is 6. The molecule has 0 saturated carbocycles. The summed E-state index contributed by atoms with van der Waals surface area (Å²) in [6.07, 6.45) is 3.44. The second-order valence-corrected chi connectivity index (χ2v) is 6.58. The van der Waals surface area contributed by atoms with E-state index in [2.05, 4.69) is 10.0 Å². The molecule has 0 aromatic heterocycles. The Morgan fingerprint density at radius 1 is 1.41 bits per heavy atom. The van der Waals surface area contributed by atoms with E-state index in [9.17, 15) is 8.42 Å². The summed E-state index contributed by atoms with van der Waals surface area (Å²) >= 11 is 0. The van der Waals surface area contributed by atoms with Gasteiger partial charge in [0.15, 0.2) is 0 Å². The van der Waals surface area contributed by atoms with Gasteiger partial charge in [-0.1, -0.05) is 13.3 Å². The summed E-state index contributed by atoms with van der Waals surface area (Å²) < 4.78 is 28.2. The average Bonchev–Trinajstić information content (AvgIpc) is 2.25. The predicted molar refractivity (Wildman–Crippen MR) is 70.1 cm³/mol. The van der Waals surface area contributed by atoms with Crippen molar-refractivity contribution in [1.29, 1.82) is 0 Å². The van der Waals surface area contributed by atoms with E-state index in [1.807, 2.05) is 20.8 Å². The number of nitrogens with one attached hydrogen (secondary N) is 2. The van der Waals surface area contributed by atoms with Crippen molar-refractivity contribution in [2.45, 2.75) is 52.1 Å². The quantitative estimate of drug-likeness (QED) is 0.741. The van der Waals surface area contributed by atoms with E-state index in [4.69, 9.17) is 0 Å². The van der Waals surface area contributed by atoms with E-state index in [1.165, 1.54) is 17.1 Å². The van der Waals surface area contributed by atoms with Crippen LogP contribution in [0.3, 0.4) is 0 Å². The monoisotopic (exact) mass is 263 g/mol. The van der Waals surface area contributed by atoms with Crippen LogP contribution >= 0.6 is 0 Å². The zero-order valence-electron chi connectivity index (χ0n) is 11.1. The van der Waals surface area contributed by atoms with Crippen molar-refractivity contribution in [3.05, 3.63) is 0 Å². The average molecular weight is 263 g/mol. The molecule has 0 aliphatic carbocycles. The van der Waals surface area contributed by atoms with Gasteiger partial charge < -0.3 is 5.32 Å². The number of piperidine rings is 1. The number of likely N-dealkylation sites (N-methyl/N-ethyl adjacent to an activating group) is 1. The molecule has 5 nitrogen and oxygen atoms in total. The highest BCUT2D eigenvalue weighted by Crippen LogP contribution is 2.10. The van der Waals surface area contributed by atoms with Crippen LogP contribution in [0.4, 0.5) is 0 Å². The zero-order chi connectivity index (χ0) is 12.9. The molecule has 0 aromatic carbocycles. The summed E-state index contributed by atoms with van der Waals surface area (Å²) in [7, 11) is -3.33. The fraction of sp³-hybridized carbons (Fsp3) is 1.00. The maximum atomic E-state index is 12.0. The third kappa shape index (κ3) is 4.91. The molecule has 0 amide bonds. The van der Waals surface area contributed by atoms with Crippen LogP contribution < -0.4 is 10.0 Å². The molecule has 17 heavy (non-hydrogen) atoms. The largest absolute Gasteiger partial charge is 0.313 e. The maximum absolute atomic E-state index is 12.0. The fourth-order valence-corrected chi connectivity index (χ4v) is 3.56. The van der Waals surface area contributed by atoms with Crippen molar-refractivity contribution in [1.82, 2.24) is 14.3 Å². The van der Waals surface area contributed by atoms with Crippen molar-refractivity contribution in [2.75, 3.05) is 19.6 Å². The molecule has 1 aliphatic heterocycles. The van der Waals surface area contributed by atoms with E-state index >= 15 is 0 Å². The summed E-state index contributed by atoms with van der Waals surface area (Å²) in [5, 5.41) is 3.38. The topological polar surface area (TPSA) is 61.4 Å². The Hall–Kier alpha value is -0.170. The van der Waals surface area contributed by atoms with Crippen molar-refractivity contribution in [2.24, 2.45) is 0 Å². The molecule has 1 unspecified atom stereocenters. The number of hydrogen-bond acceptors (Lipinski definition) is 3. The van der Waals surface area contributed by atoms with Gasteiger partial charge >= 0.3 is 0 Å². The molecule has 1 aliphatic rings. The van der Waals surface area contributed by atoms with Gasteiger partial charge in [-0.2, -0.15) is 17.4 Å². The van der Waals surface area contributed by atoms with Crippen LogP contribution in [0.5, 0.6) is 0 Å². The molecule has 2 N–H and O–H groups in total. The molecule has 0 radical (unpaired) electrons. The van der Waals surface area contributed by atoms with Crippen LogP contribution in [0.25, 0.3) is 0 Å². The first-order valence-electron chi connectivity index (χ1n) is 6.46. The molecule has 102 valence electrons. The molecule has 1 heterocycles. The molecule has 0 aromatic rings. The Morgan fingerprint density at radius 3 is 2.59 bits per heavy atom. The van der Waals surface area contributed by atoms with Crippen molar-refractivity contribution in [3.8, 4) is 0 Å². The van der Waals surface area contributed by atoms with Crippen LogP contribution in [0.1, 0.15) is 40.0 Å². The van der Waals surface area contributed by atoms with E-state index in [-0.39, 0.29) is 6.04 Å². The van der Waals surface area contributed by atoms with Gasteiger partial charge in [0.05, 0.1) is 0 Å². The second-order valence-electron chi connectivity index (χ2n) is 4.88. The Morgan fingerprint density at radius 2 is 2.12 bits per heavy atom. The highest BCUT2D eigenvalue weighted by molar-refractivity contribution is 7.87.